The molecule has 2 aromatic heterocycles. The topological polar surface area (TPSA) is 46.1 Å². The number of carbonyl (C=O) groups is 1. The van der Waals surface area contributed by atoms with E-state index in [4.69, 9.17) is 0 Å². The summed E-state index contributed by atoms with van der Waals surface area (Å²) in [7, 11) is 0. The molecule has 0 N–H and O–H groups in total. The van der Waals surface area contributed by atoms with Crippen LogP contribution in [0.2, 0.25) is 0 Å². The Bertz CT molecular complexity index is 1180. The van der Waals surface area contributed by atoms with Crippen LogP contribution in [0.1, 0.15) is 21.1 Å². The first kappa shape index (κ1) is 16.1. The minimum Gasteiger partial charge on any atom is -0.306 e. The van der Waals surface area contributed by atoms with E-state index in [1.807, 2.05) is 60.4 Å². The number of hydrogen-bond acceptors (Lipinski definition) is 4. The van der Waals surface area contributed by atoms with Crippen molar-refractivity contribution in [1.29, 1.82) is 0 Å². The van der Waals surface area contributed by atoms with Crippen molar-refractivity contribution in [2.24, 2.45) is 0 Å². The Hall–Kier alpha value is -3.05. The molecule has 5 rings (SSSR count). The van der Waals surface area contributed by atoms with Gasteiger partial charge in [0.2, 0.25) is 0 Å². The van der Waals surface area contributed by atoms with Crippen molar-refractivity contribution in [3.05, 3.63) is 76.2 Å². The van der Waals surface area contributed by atoms with Gasteiger partial charge in [-0.2, -0.15) is 0 Å². The number of fused-ring (bicyclic) bond motifs is 2. The molecule has 0 spiro atoms. The van der Waals surface area contributed by atoms with Gasteiger partial charge in [-0.15, -0.1) is 11.3 Å². The van der Waals surface area contributed by atoms with Crippen LogP contribution in [0.25, 0.3) is 22.2 Å². The highest BCUT2D eigenvalue weighted by molar-refractivity contribution is 7.09. The van der Waals surface area contributed by atoms with Crippen LogP contribution >= 0.6 is 11.3 Å². The van der Waals surface area contributed by atoms with Crippen molar-refractivity contribution in [2.75, 3.05) is 11.4 Å². The SMILES string of the molecule is Cc1nc(-c2ccc3c(c2)CCN3C(=O)c2ccc3ccccc3n2)cs1. The Labute approximate surface area is 161 Å². The lowest BCUT2D eigenvalue weighted by molar-refractivity contribution is 0.0985. The van der Waals surface area contributed by atoms with Crippen LogP contribution in [-0.4, -0.2) is 22.4 Å². The van der Waals surface area contributed by atoms with Crippen LogP contribution in [0.15, 0.2) is 60.0 Å². The molecule has 2 aromatic carbocycles. The molecule has 0 bridgehead atoms. The number of thiazole rings is 1. The minimum absolute atomic E-state index is 0.0447. The second-order valence-electron chi connectivity index (χ2n) is 6.69. The van der Waals surface area contributed by atoms with E-state index in [2.05, 4.69) is 21.4 Å². The average Bonchev–Trinajstić information content (AvgIpc) is 3.32. The molecule has 27 heavy (non-hydrogen) atoms. The number of anilines is 1. The third kappa shape index (κ3) is 2.80. The van der Waals surface area contributed by atoms with Crippen molar-refractivity contribution in [1.82, 2.24) is 9.97 Å². The quantitative estimate of drug-likeness (QED) is 0.505. The van der Waals surface area contributed by atoms with E-state index in [1.165, 1.54) is 5.56 Å². The molecule has 1 aliphatic heterocycles. The van der Waals surface area contributed by atoms with Crippen LogP contribution in [-0.2, 0) is 6.42 Å². The second-order valence-corrected chi connectivity index (χ2v) is 7.75. The number of carbonyl (C=O) groups excluding carboxylic acids is 1. The van der Waals surface area contributed by atoms with E-state index >= 15 is 0 Å². The van der Waals surface area contributed by atoms with Crippen molar-refractivity contribution in [3.63, 3.8) is 0 Å². The van der Waals surface area contributed by atoms with E-state index in [-0.39, 0.29) is 5.91 Å². The van der Waals surface area contributed by atoms with Crippen LogP contribution in [0.5, 0.6) is 0 Å². The number of nitrogens with zero attached hydrogens (tertiary/aromatic N) is 3. The standard InChI is InChI=1S/C22H17N3OS/c1-14-23-20(13-27-14)16-7-9-21-17(12-16)10-11-25(21)22(26)19-8-6-15-4-2-3-5-18(15)24-19/h2-9,12-13H,10-11H2,1H3. The summed E-state index contributed by atoms with van der Waals surface area (Å²) in [5.74, 6) is -0.0447. The van der Waals surface area contributed by atoms with Crippen LogP contribution in [0.3, 0.4) is 0 Å². The molecule has 0 saturated carbocycles. The summed E-state index contributed by atoms with van der Waals surface area (Å²) in [5, 5.41) is 4.18. The molecule has 0 atom stereocenters. The molecule has 4 nitrogen and oxygen atoms in total. The lowest BCUT2D eigenvalue weighted by Gasteiger charge is -2.17. The molecule has 132 valence electrons. The summed E-state index contributed by atoms with van der Waals surface area (Å²) in [6, 6.07) is 17.9. The number of amides is 1. The van der Waals surface area contributed by atoms with Gasteiger partial charge in [-0.1, -0.05) is 30.3 Å². The van der Waals surface area contributed by atoms with Gasteiger partial charge in [0.1, 0.15) is 5.69 Å². The Morgan fingerprint density at radius 3 is 2.81 bits per heavy atom. The normalized spacial score (nSPS) is 13.1. The van der Waals surface area contributed by atoms with Crippen molar-refractivity contribution >= 4 is 33.8 Å². The van der Waals surface area contributed by atoms with Gasteiger partial charge >= 0.3 is 0 Å². The van der Waals surface area contributed by atoms with Gasteiger partial charge in [0.15, 0.2) is 0 Å². The first-order valence-corrected chi connectivity index (χ1v) is 9.80. The van der Waals surface area contributed by atoms with Gasteiger partial charge in [-0.25, -0.2) is 9.97 Å². The van der Waals surface area contributed by atoms with Gasteiger partial charge in [0.25, 0.3) is 5.91 Å². The molecule has 0 fully saturated rings. The zero-order chi connectivity index (χ0) is 18.4. The van der Waals surface area contributed by atoms with Gasteiger partial charge in [-0.05, 0) is 43.2 Å². The van der Waals surface area contributed by atoms with E-state index in [9.17, 15) is 4.79 Å². The lowest BCUT2D eigenvalue weighted by Crippen LogP contribution is -2.29. The molecule has 0 aliphatic carbocycles. The lowest BCUT2D eigenvalue weighted by atomic mass is 10.1. The number of aromatic nitrogens is 2. The molecular formula is C22H17N3OS. The molecule has 0 unspecified atom stereocenters. The highest BCUT2D eigenvalue weighted by Gasteiger charge is 2.27. The van der Waals surface area contributed by atoms with E-state index in [0.29, 0.717) is 12.2 Å². The molecule has 1 amide bonds. The maximum absolute atomic E-state index is 13.1. The minimum atomic E-state index is -0.0447. The van der Waals surface area contributed by atoms with Gasteiger partial charge in [0.05, 0.1) is 16.2 Å². The van der Waals surface area contributed by atoms with E-state index in [1.54, 1.807) is 11.3 Å². The summed E-state index contributed by atoms with van der Waals surface area (Å²) < 4.78 is 0. The Balaban J connectivity index is 1.48. The fourth-order valence-electron chi connectivity index (χ4n) is 3.59. The predicted molar refractivity (Wildman–Crippen MR) is 109 cm³/mol. The number of pyridine rings is 1. The van der Waals surface area contributed by atoms with Crippen LogP contribution in [0, 0.1) is 6.92 Å². The fraction of sp³-hybridized carbons (Fsp3) is 0.136. The largest absolute Gasteiger partial charge is 0.306 e. The zero-order valence-corrected chi connectivity index (χ0v) is 15.7. The summed E-state index contributed by atoms with van der Waals surface area (Å²) in [5.41, 5.74) is 5.60. The molecule has 3 heterocycles. The van der Waals surface area contributed by atoms with Crippen LogP contribution < -0.4 is 4.90 Å². The predicted octanol–water partition coefficient (Wildman–Crippen LogP) is 4.87. The first-order valence-electron chi connectivity index (χ1n) is 8.92. The number of para-hydroxylation sites is 1. The maximum Gasteiger partial charge on any atom is 0.276 e. The molecule has 0 saturated heterocycles. The molecule has 4 aromatic rings. The maximum atomic E-state index is 13.1. The van der Waals surface area contributed by atoms with Crippen LogP contribution in [0.4, 0.5) is 5.69 Å². The number of rotatable bonds is 2. The third-order valence-electron chi connectivity index (χ3n) is 4.95. The number of benzene rings is 2. The third-order valence-corrected chi connectivity index (χ3v) is 5.73. The smallest absolute Gasteiger partial charge is 0.276 e. The zero-order valence-electron chi connectivity index (χ0n) is 14.8. The average molecular weight is 371 g/mol. The molecule has 1 aliphatic rings. The van der Waals surface area contributed by atoms with E-state index < -0.39 is 0 Å². The monoisotopic (exact) mass is 371 g/mol. The Kier molecular flexibility index (Phi) is 3.76. The highest BCUT2D eigenvalue weighted by atomic mass is 32.1. The van der Waals surface area contributed by atoms with Crippen molar-refractivity contribution < 1.29 is 4.79 Å². The summed E-state index contributed by atoms with van der Waals surface area (Å²) in [6.45, 7) is 2.70. The number of hydrogen-bond donors (Lipinski definition) is 0. The molecule has 0 radical (unpaired) electrons. The molecular weight excluding hydrogens is 354 g/mol. The Morgan fingerprint density at radius 1 is 1.07 bits per heavy atom. The summed E-state index contributed by atoms with van der Waals surface area (Å²) >= 11 is 1.65. The Morgan fingerprint density at radius 2 is 1.96 bits per heavy atom. The van der Waals surface area contributed by atoms with E-state index in [0.717, 1.165) is 39.3 Å². The van der Waals surface area contributed by atoms with Crippen molar-refractivity contribution in [2.45, 2.75) is 13.3 Å². The van der Waals surface area contributed by atoms with Gasteiger partial charge in [0, 0.05) is 28.6 Å². The molecule has 5 heteroatoms. The second kappa shape index (κ2) is 6.28. The summed E-state index contributed by atoms with van der Waals surface area (Å²) in [4.78, 5) is 24.0. The fourth-order valence-corrected chi connectivity index (χ4v) is 4.21. The van der Waals surface area contributed by atoms with Crippen molar-refractivity contribution in [3.8, 4) is 11.3 Å². The number of aryl methyl sites for hydroxylation is 1. The van der Waals surface area contributed by atoms with Gasteiger partial charge in [-0.3, -0.25) is 4.79 Å². The summed E-state index contributed by atoms with van der Waals surface area (Å²) in [6.07, 6.45) is 0.853. The first-order chi connectivity index (χ1) is 13.2. The highest BCUT2D eigenvalue weighted by Crippen LogP contribution is 2.33. The van der Waals surface area contributed by atoms with Gasteiger partial charge < -0.3 is 4.90 Å².